The Balaban J connectivity index is 2.49. The van der Waals surface area contributed by atoms with Crippen LogP contribution in [0.3, 0.4) is 0 Å². The maximum Gasteiger partial charge on any atom is 0.243 e. The van der Waals surface area contributed by atoms with Crippen LogP contribution in [0.25, 0.3) is 0 Å². The van der Waals surface area contributed by atoms with E-state index in [0.717, 1.165) is 0 Å². The third-order valence-corrected chi connectivity index (χ3v) is 2.10. The second kappa shape index (κ2) is 4.06. The minimum absolute atomic E-state index is 0.206. The molecule has 1 rings (SSSR count). The minimum Gasteiger partial charge on any atom is -0.390 e. The van der Waals surface area contributed by atoms with Gasteiger partial charge >= 0.3 is 0 Å². The summed E-state index contributed by atoms with van der Waals surface area (Å²) in [4.78, 5) is 23.8. The van der Waals surface area contributed by atoms with E-state index in [1.807, 2.05) is 0 Å². The van der Waals surface area contributed by atoms with Crippen LogP contribution in [-0.2, 0) is 9.59 Å². The highest BCUT2D eigenvalue weighted by molar-refractivity contribution is 5.99. The van der Waals surface area contributed by atoms with Gasteiger partial charge < -0.3 is 5.11 Å². The number of hydrogen-bond acceptors (Lipinski definition) is 4. The number of hydrogen-bond donors (Lipinski definition) is 2. The summed E-state index contributed by atoms with van der Waals surface area (Å²) in [5.74, 6) is -0.434. The lowest BCUT2D eigenvalue weighted by Gasteiger charge is -2.28. The molecule has 1 saturated heterocycles. The van der Waals surface area contributed by atoms with Crippen molar-refractivity contribution >= 4 is 11.8 Å². The highest BCUT2D eigenvalue weighted by Crippen LogP contribution is 2.09. The normalized spacial score (nSPS) is 18.9. The van der Waals surface area contributed by atoms with E-state index in [1.165, 1.54) is 4.90 Å². The number of nitrogens with zero attached hydrogens (tertiary/aromatic N) is 1. The lowest BCUT2D eigenvalue weighted by molar-refractivity contribution is -0.147. The van der Waals surface area contributed by atoms with E-state index < -0.39 is 5.60 Å². The van der Waals surface area contributed by atoms with Crippen molar-refractivity contribution in [2.75, 3.05) is 19.6 Å². The Kier molecular flexibility index (Phi) is 3.23. The molecule has 5 heteroatoms. The van der Waals surface area contributed by atoms with Crippen molar-refractivity contribution in [1.29, 1.82) is 0 Å². The number of rotatable bonds is 3. The Morgan fingerprint density at radius 3 is 2.29 bits per heavy atom. The maximum absolute atomic E-state index is 11.3. The lowest BCUT2D eigenvalue weighted by Crippen LogP contribution is -2.53. The molecule has 1 aliphatic heterocycles. The van der Waals surface area contributed by atoms with Crippen molar-refractivity contribution < 1.29 is 14.7 Å². The molecule has 0 aromatic heterocycles. The molecule has 0 aromatic carbocycles. The molecule has 5 nitrogen and oxygen atoms in total. The first-order valence-electron chi connectivity index (χ1n) is 4.66. The lowest BCUT2D eigenvalue weighted by atomic mass is 10.1. The maximum atomic E-state index is 11.3. The van der Waals surface area contributed by atoms with Gasteiger partial charge in [0.25, 0.3) is 0 Å². The second-order valence-corrected chi connectivity index (χ2v) is 4.11. The fraction of sp³-hybridized carbons (Fsp3) is 0.778. The minimum atomic E-state index is -0.842. The molecule has 1 heterocycles. The summed E-state index contributed by atoms with van der Waals surface area (Å²) in [6.07, 6.45) is 0.407. The monoisotopic (exact) mass is 200 g/mol. The van der Waals surface area contributed by atoms with Gasteiger partial charge in [0.1, 0.15) is 0 Å². The Labute approximate surface area is 83.1 Å². The summed E-state index contributed by atoms with van der Waals surface area (Å²) >= 11 is 0. The third-order valence-electron chi connectivity index (χ3n) is 2.10. The Morgan fingerprint density at radius 1 is 1.36 bits per heavy atom. The summed E-state index contributed by atoms with van der Waals surface area (Å²) in [5.41, 5.74) is -0.842. The van der Waals surface area contributed by atoms with Crippen LogP contribution in [-0.4, -0.2) is 47.1 Å². The van der Waals surface area contributed by atoms with Gasteiger partial charge in [0.15, 0.2) is 0 Å². The fourth-order valence-corrected chi connectivity index (χ4v) is 1.24. The molecule has 2 N–H and O–H groups in total. The van der Waals surface area contributed by atoms with Crippen molar-refractivity contribution in [2.45, 2.75) is 25.9 Å². The Morgan fingerprint density at radius 2 is 1.86 bits per heavy atom. The van der Waals surface area contributed by atoms with Crippen molar-refractivity contribution in [3.8, 4) is 0 Å². The standard InChI is InChI=1S/C9H16N2O3/c1-9(2,14)3-4-11-7(12)5-10-6-8(11)13/h10,14H,3-6H2,1-2H3. The quantitative estimate of drug-likeness (QED) is 0.580. The summed E-state index contributed by atoms with van der Waals surface area (Å²) in [6.45, 7) is 4.02. The van der Waals surface area contributed by atoms with Crippen LogP contribution in [0.15, 0.2) is 0 Å². The molecule has 0 aliphatic carbocycles. The van der Waals surface area contributed by atoms with Gasteiger partial charge in [-0.25, -0.2) is 0 Å². The highest BCUT2D eigenvalue weighted by Gasteiger charge is 2.26. The largest absolute Gasteiger partial charge is 0.390 e. The first-order valence-corrected chi connectivity index (χ1v) is 4.66. The van der Waals surface area contributed by atoms with Crippen LogP contribution in [0.2, 0.25) is 0 Å². The van der Waals surface area contributed by atoms with Crippen LogP contribution in [0.1, 0.15) is 20.3 Å². The van der Waals surface area contributed by atoms with Gasteiger partial charge in [0.05, 0.1) is 18.7 Å². The Bertz CT molecular complexity index is 229. The van der Waals surface area contributed by atoms with Crippen molar-refractivity contribution in [3.63, 3.8) is 0 Å². The van der Waals surface area contributed by atoms with Crippen LogP contribution < -0.4 is 5.32 Å². The van der Waals surface area contributed by atoms with Crippen molar-refractivity contribution in [3.05, 3.63) is 0 Å². The number of carbonyl (C=O) groups is 2. The number of nitrogens with one attached hydrogen (secondary N) is 1. The van der Waals surface area contributed by atoms with Gasteiger partial charge in [-0.1, -0.05) is 0 Å². The molecule has 0 saturated carbocycles. The van der Waals surface area contributed by atoms with Crippen LogP contribution >= 0.6 is 0 Å². The first-order chi connectivity index (χ1) is 6.40. The van der Waals surface area contributed by atoms with E-state index in [4.69, 9.17) is 0 Å². The molecular weight excluding hydrogens is 184 g/mol. The number of piperazine rings is 1. The Hall–Kier alpha value is -0.940. The molecular formula is C9H16N2O3. The molecule has 80 valence electrons. The summed E-state index contributed by atoms with van der Waals surface area (Å²) in [7, 11) is 0. The highest BCUT2D eigenvalue weighted by atomic mass is 16.3. The van der Waals surface area contributed by atoms with Gasteiger partial charge in [-0.05, 0) is 20.3 Å². The second-order valence-electron chi connectivity index (χ2n) is 4.11. The van der Waals surface area contributed by atoms with E-state index in [-0.39, 0.29) is 24.9 Å². The molecule has 0 atom stereocenters. The fourth-order valence-electron chi connectivity index (χ4n) is 1.24. The van der Waals surface area contributed by atoms with E-state index in [0.29, 0.717) is 13.0 Å². The molecule has 2 amide bonds. The zero-order valence-electron chi connectivity index (χ0n) is 8.54. The molecule has 0 radical (unpaired) electrons. The van der Waals surface area contributed by atoms with Gasteiger partial charge in [0, 0.05) is 6.54 Å². The zero-order valence-corrected chi connectivity index (χ0v) is 8.54. The molecule has 1 fully saturated rings. The summed E-state index contributed by atoms with van der Waals surface area (Å²) in [6, 6.07) is 0. The van der Waals surface area contributed by atoms with E-state index >= 15 is 0 Å². The van der Waals surface area contributed by atoms with Gasteiger partial charge in [-0.15, -0.1) is 0 Å². The SMILES string of the molecule is CC(C)(O)CCN1C(=O)CNCC1=O. The van der Waals surface area contributed by atoms with Crippen LogP contribution in [0, 0.1) is 0 Å². The third kappa shape index (κ3) is 3.08. The molecule has 1 aliphatic rings. The van der Waals surface area contributed by atoms with E-state index in [9.17, 15) is 14.7 Å². The molecule has 0 unspecified atom stereocenters. The first kappa shape index (κ1) is 11.1. The van der Waals surface area contributed by atoms with Crippen molar-refractivity contribution in [1.82, 2.24) is 10.2 Å². The molecule has 14 heavy (non-hydrogen) atoms. The zero-order chi connectivity index (χ0) is 10.8. The van der Waals surface area contributed by atoms with Gasteiger partial charge in [-0.3, -0.25) is 19.8 Å². The van der Waals surface area contributed by atoms with Gasteiger partial charge in [-0.2, -0.15) is 0 Å². The van der Waals surface area contributed by atoms with E-state index in [2.05, 4.69) is 5.32 Å². The average Bonchev–Trinajstić information content (AvgIpc) is 2.01. The average molecular weight is 200 g/mol. The number of amides is 2. The number of aliphatic hydroxyl groups is 1. The van der Waals surface area contributed by atoms with Gasteiger partial charge in [0.2, 0.25) is 11.8 Å². The van der Waals surface area contributed by atoms with Crippen molar-refractivity contribution in [2.24, 2.45) is 0 Å². The molecule has 0 bridgehead atoms. The summed E-state index contributed by atoms with van der Waals surface area (Å²) in [5, 5.41) is 12.2. The van der Waals surface area contributed by atoms with Crippen LogP contribution in [0.4, 0.5) is 0 Å². The topological polar surface area (TPSA) is 69.6 Å². The summed E-state index contributed by atoms with van der Waals surface area (Å²) < 4.78 is 0. The smallest absolute Gasteiger partial charge is 0.243 e. The number of carbonyl (C=O) groups excluding carboxylic acids is 2. The van der Waals surface area contributed by atoms with Crippen LogP contribution in [0.5, 0.6) is 0 Å². The predicted octanol–water partition coefficient (Wildman–Crippen LogP) is -0.894. The molecule has 0 spiro atoms. The predicted molar refractivity (Wildman–Crippen MR) is 50.5 cm³/mol. The number of imide groups is 1. The van der Waals surface area contributed by atoms with E-state index in [1.54, 1.807) is 13.8 Å². The molecule has 0 aromatic rings.